The molecule has 17 heavy (non-hydrogen) atoms. The van der Waals surface area contributed by atoms with Gasteiger partial charge in [0.2, 0.25) is 5.91 Å². The van der Waals surface area contributed by atoms with Gasteiger partial charge < -0.3 is 10.6 Å². The highest BCUT2D eigenvalue weighted by Gasteiger charge is 2.21. The first kappa shape index (κ1) is 19.1. The van der Waals surface area contributed by atoms with Gasteiger partial charge in [-0.25, -0.2) is 0 Å². The number of hydrogen-bond acceptors (Lipinski definition) is 2. The lowest BCUT2D eigenvalue weighted by atomic mass is 9.93. The van der Waals surface area contributed by atoms with Crippen LogP contribution in [0.5, 0.6) is 0 Å². The molecule has 104 valence electrons. The highest BCUT2D eigenvalue weighted by molar-refractivity contribution is 5.85. The molecule has 1 amide bonds. The van der Waals surface area contributed by atoms with Gasteiger partial charge in [-0.1, -0.05) is 40.5 Å². The summed E-state index contributed by atoms with van der Waals surface area (Å²) in [6.45, 7) is 9.82. The molecule has 0 aromatic heterocycles. The normalized spacial score (nSPS) is 12.8. The molecule has 0 rings (SSSR count). The Morgan fingerprint density at radius 2 is 1.94 bits per heavy atom. The molecule has 0 heterocycles. The maximum Gasteiger partial charge on any atom is 0.222 e. The molecular formula is C13H29ClN2O. The third-order valence-electron chi connectivity index (χ3n) is 2.95. The molecule has 0 aliphatic carbocycles. The second-order valence-electron chi connectivity index (χ2n) is 5.72. The highest BCUT2D eigenvalue weighted by Crippen LogP contribution is 2.16. The zero-order valence-corrected chi connectivity index (χ0v) is 12.8. The highest BCUT2D eigenvalue weighted by atomic mass is 35.5. The molecule has 1 atom stereocenters. The van der Waals surface area contributed by atoms with Crippen LogP contribution in [0, 0.1) is 11.3 Å². The Morgan fingerprint density at radius 1 is 1.41 bits per heavy atom. The fourth-order valence-electron chi connectivity index (χ4n) is 1.84. The van der Waals surface area contributed by atoms with Crippen LogP contribution in [0.4, 0.5) is 0 Å². The average Bonchev–Trinajstić information content (AvgIpc) is 2.17. The van der Waals surface area contributed by atoms with Gasteiger partial charge in [-0.05, 0) is 17.9 Å². The van der Waals surface area contributed by atoms with Gasteiger partial charge in [0.05, 0.1) is 0 Å². The summed E-state index contributed by atoms with van der Waals surface area (Å²) < 4.78 is 0. The van der Waals surface area contributed by atoms with Crippen molar-refractivity contribution >= 4 is 18.3 Å². The van der Waals surface area contributed by atoms with Gasteiger partial charge >= 0.3 is 0 Å². The van der Waals surface area contributed by atoms with Crippen LogP contribution < -0.4 is 5.73 Å². The molecule has 0 aromatic carbocycles. The Labute approximate surface area is 113 Å². The summed E-state index contributed by atoms with van der Waals surface area (Å²) in [6, 6.07) is 0. The molecule has 0 aromatic rings. The number of nitrogens with two attached hydrogens (primary N) is 1. The molecule has 0 bridgehead atoms. The molecule has 0 spiro atoms. The molecule has 0 radical (unpaired) electrons. The predicted molar refractivity (Wildman–Crippen MR) is 76.4 cm³/mol. The van der Waals surface area contributed by atoms with Gasteiger partial charge in [0.25, 0.3) is 0 Å². The molecule has 2 N–H and O–H groups in total. The Balaban J connectivity index is 0. The first-order valence-electron chi connectivity index (χ1n) is 6.26. The van der Waals surface area contributed by atoms with Crippen LogP contribution >= 0.6 is 12.4 Å². The first-order chi connectivity index (χ1) is 7.32. The van der Waals surface area contributed by atoms with Crippen LogP contribution in [-0.4, -0.2) is 30.9 Å². The van der Waals surface area contributed by atoms with E-state index in [1.165, 1.54) is 0 Å². The summed E-state index contributed by atoms with van der Waals surface area (Å²) >= 11 is 0. The molecule has 0 aliphatic rings. The summed E-state index contributed by atoms with van der Waals surface area (Å²) in [5, 5.41) is 0. The largest absolute Gasteiger partial charge is 0.345 e. The van der Waals surface area contributed by atoms with E-state index in [1.807, 2.05) is 11.9 Å². The van der Waals surface area contributed by atoms with E-state index >= 15 is 0 Å². The summed E-state index contributed by atoms with van der Waals surface area (Å²) in [4.78, 5) is 13.7. The van der Waals surface area contributed by atoms with Crippen molar-refractivity contribution in [1.29, 1.82) is 0 Å². The van der Waals surface area contributed by atoms with E-state index in [9.17, 15) is 4.79 Å². The number of hydrogen-bond donors (Lipinski definition) is 1. The van der Waals surface area contributed by atoms with E-state index in [4.69, 9.17) is 5.73 Å². The molecule has 3 nitrogen and oxygen atoms in total. The number of rotatable bonds is 7. The van der Waals surface area contributed by atoms with Crippen LogP contribution in [0.1, 0.15) is 47.0 Å². The third-order valence-corrected chi connectivity index (χ3v) is 2.95. The maximum absolute atomic E-state index is 11.9. The Hall–Kier alpha value is -0.280. The Bertz CT molecular complexity index is 219. The second kappa shape index (κ2) is 8.76. The zero-order chi connectivity index (χ0) is 12.8. The van der Waals surface area contributed by atoms with E-state index in [1.54, 1.807) is 0 Å². The monoisotopic (exact) mass is 264 g/mol. The fraction of sp³-hybridized carbons (Fsp3) is 0.923. The van der Waals surface area contributed by atoms with Crippen molar-refractivity contribution in [2.24, 2.45) is 17.1 Å². The topological polar surface area (TPSA) is 46.3 Å². The number of nitrogens with zero attached hydrogens (tertiary/aromatic N) is 1. The Kier molecular flexibility index (Phi) is 9.82. The minimum Gasteiger partial charge on any atom is -0.345 e. The van der Waals surface area contributed by atoms with E-state index < -0.39 is 0 Å². The van der Waals surface area contributed by atoms with Crippen molar-refractivity contribution in [1.82, 2.24) is 4.90 Å². The molecule has 0 fully saturated rings. The number of halogens is 1. The summed E-state index contributed by atoms with van der Waals surface area (Å²) in [6.07, 6.45) is 2.93. The Morgan fingerprint density at radius 3 is 2.35 bits per heavy atom. The summed E-state index contributed by atoms with van der Waals surface area (Å²) in [7, 11) is 1.87. The van der Waals surface area contributed by atoms with E-state index in [0.717, 1.165) is 19.4 Å². The van der Waals surface area contributed by atoms with Crippen molar-refractivity contribution in [3.63, 3.8) is 0 Å². The quantitative estimate of drug-likeness (QED) is 0.769. The third kappa shape index (κ3) is 8.44. The van der Waals surface area contributed by atoms with Gasteiger partial charge in [0.15, 0.2) is 0 Å². The predicted octanol–water partition coefficient (Wildman–Crippen LogP) is 2.68. The fourth-order valence-corrected chi connectivity index (χ4v) is 1.84. The second-order valence-corrected chi connectivity index (χ2v) is 5.72. The van der Waals surface area contributed by atoms with Crippen LogP contribution in [0.3, 0.4) is 0 Å². The standard InChI is InChI=1S/C13H28N2O.ClH/c1-6-7-11(2)8-12(16)15(5)10-13(3,4)9-14;/h11H,6-10,14H2,1-5H3;1H. The zero-order valence-electron chi connectivity index (χ0n) is 12.0. The van der Waals surface area contributed by atoms with Crippen molar-refractivity contribution in [2.45, 2.75) is 47.0 Å². The average molecular weight is 265 g/mol. The van der Waals surface area contributed by atoms with Crippen molar-refractivity contribution < 1.29 is 4.79 Å². The van der Waals surface area contributed by atoms with Crippen molar-refractivity contribution in [3.8, 4) is 0 Å². The smallest absolute Gasteiger partial charge is 0.222 e. The number of carbonyl (C=O) groups is 1. The van der Waals surface area contributed by atoms with E-state index in [-0.39, 0.29) is 23.7 Å². The number of amides is 1. The van der Waals surface area contributed by atoms with Crippen LogP contribution in [0.25, 0.3) is 0 Å². The minimum atomic E-state index is 0. The SMILES string of the molecule is CCCC(C)CC(=O)N(C)CC(C)(C)CN.Cl. The molecule has 4 heteroatoms. The van der Waals surface area contributed by atoms with Crippen LogP contribution in [0.2, 0.25) is 0 Å². The van der Waals surface area contributed by atoms with Gasteiger partial charge in [-0.2, -0.15) is 0 Å². The van der Waals surface area contributed by atoms with E-state index in [2.05, 4.69) is 27.7 Å². The molecule has 0 aliphatic heterocycles. The lowest BCUT2D eigenvalue weighted by molar-refractivity contribution is -0.132. The van der Waals surface area contributed by atoms with Crippen LogP contribution in [0.15, 0.2) is 0 Å². The van der Waals surface area contributed by atoms with Gasteiger partial charge in [-0.3, -0.25) is 4.79 Å². The maximum atomic E-state index is 11.9. The summed E-state index contributed by atoms with van der Waals surface area (Å²) in [5.74, 6) is 0.725. The molecule has 1 unspecified atom stereocenters. The van der Waals surface area contributed by atoms with E-state index in [0.29, 0.717) is 18.9 Å². The number of carbonyl (C=O) groups excluding carboxylic acids is 1. The van der Waals surface area contributed by atoms with Gasteiger partial charge in [0.1, 0.15) is 0 Å². The van der Waals surface area contributed by atoms with Gasteiger partial charge in [-0.15, -0.1) is 12.4 Å². The lowest BCUT2D eigenvalue weighted by Gasteiger charge is -2.29. The molecule has 0 saturated carbocycles. The minimum absolute atomic E-state index is 0. The molecular weight excluding hydrogens is 236 g/mol. The summed E-state index contributed by atoms with van der Waals surface area (Å²) in [5.41, 5.74) is 5.68. The lowest BCUT2D eigenvalue weighted by Crippen LogP contribution is -2.40. The van der Waals surface area contributed by atoms with Crippen molar-refractivity contribution in [3.05, 3.63) is 0 Å². The van der Waals surface area contributed by atoms with Gasteiger partial charge in [0, 0.05) is 20.0 Å². The first-order valence-corrected chi connectivity index (χ1v) is 6.26. The molecule has 0 saturated heterocycles. The van der Waals surface area contributed by atoms with Crippen molar-refractivity contribution in [2.75, 3.05) is 20.1 Å². The van der Waals surface area contributed by atoms with Crippen LogP contribution in [-0.2, 0) is 4.79 Å².